The van der Waals surface area contributed by atoms with Crippen LogP contribution in [0, 0.1) is 0 Å². The highest BCUT2D eigenvalue weighted by Gasteiger charge is 1.90. The van der Waals surface area contributed by atoms with Gasteiger partial charge in [-0.05, 0) is 28.1 Å². The van der Waals surface area contributed by atoms with Crippen LogP contribution in [0.2, 0.25) is 5.02 Å². The minimum absolute atomic E-state index is 0.375. The normalized spacial score (nSPS) is 7.92. The maximum absolute atomic E-state index is 8.95. The molecule has 66 valence electrons. The van der Waals surface area contributed by atoms with Crippen LogP contribution >= 0.6 is 27.5 Å². The van der Waals surface area contributed by atoms with Crippen molar-refractivity contribution in [1.29, 1.82) is 0 Å². The molecule has 0 bridgehead atoms. The van der Waals surface area contributed by atoms with Crippen molar-refractivity contribution in [3.8, 4) is 0 Å². The Bertz CT molecular complexity index is 224. The number of halogens is 2. The van der Waals surface area contributed by atoms with E-state index in [0.29, 0.717) is 16.1 Å². The molecule has 0 fully saturated rings. The zero-order chi connectivity index (χ0) is 9.40. The van der Waals surface area contributed by atoms with Crippen LogP contribution in [0.1, 0.15) is 0 Å². The average Bonchev–Trinajstić information content (AvgIpc) is 2.11. The van der Waals surface area contributed by atoms with E-state index in [2.05, 4.69) is 25.7 Å². The number of methoxy groups -OCH3 is 1. The lowest BCUT2D eigenvalue weighted by Crippen LogP contribution is -1.71. The summed E-state index contributed by atoms with van der Waals surface area (Å²) in [4.78, 5) is 12.8. The third-order valence-corrected chi connectivity index (χ3v) is 1.97. The second kappa shape index (κ2) is 7.06. The van der Waals surface area contributed by atoms with E-state index in [1.807, 2.05) is 0 Å². The molecule has 0 saturated carbocycles. The first-order valence-corrected chi connectivity index (χ1v) is 4.12. The summed E-state index contributed by atoms with van der Waals surface area (Å²) in [7, 11) is 1.31. The molecule has 0 unspecified atom stereocenters. The van der Waals surface area contributed by atoms with E-state index >= 15 is 0 Å². The van der Waals surface area contributed by atoms with E-state index in [9.17, 15) is 0 Å². The first-order valence-electron chi connectivity index (χ1n) is 2.94. The van der Waals surface area contributed by atoms with Crippen LogP contribution in [0.5, 0.6) is 0 Å². The van der Waals surface area contributed by atoms with Gasteiger partial charge in [-0.3, -0.25) is 4.79 Å². The third kappa shape index (κ3) is 5.09. The largest absolute Gasteiger partial charge is 0.471 e. The van der Waals surface area contributed by atoms with Crippen molar-refractivity contribution < 1.29 is 9.53 Å². The van der Waals surface area contributed by atoms with Gasteiger partial charge in [-0.1, -0.05) is 11.6 Å². The minimum Gasteiger partial charge on any atom is -0.471 e. The highest BCUT2D eigenvalue weighted by Crippen LogP contribution is 2.17. The Kier molecular flexibility index (Phi) is 6.70. The average molecular weight is 252 g/mol. The van der Waals surface area contributed by atoms with E-state index in [4.69, 9.17) is 16.4 Å². The van der Waals surface area contributed by atoms with Crippen molar-refractivity contribution in [3.05, 3.63) is 28.0 Å². The molecule has 12 heavy (non-hydrogen) atoms. The standard InChI is InChI=1S/C5H3BrClN.C2H4O2/c6-5-4(7)2-1-3-8-5;1-4-2-3/h1-3H;2H,1H3. The Morgan fingerprint density at radius 1 is 1.75 bits per heavy atom. The van der Waals surface area contributed by atoms with E-state index in [1.165, 1.54) is 7.11 Å². The maximum atomic E-state index is 8.95. The van der Waals surface area contributed by atoms with Gasteiger partial charge in [0.2, 0.25) is 0 Å². The Morgan fingerprint density at radius 2 is 2.33 bits per heavy atom. The van der Waals surface area contributed by atoms with Crippen molar-refractivity contribution in [2.75, 3.05) is 7.11 Å². The topological polar surface area (TPSA) is 39.2 Å². The number of carbonyl (C=O) groups excluding carboxylic acids is 1. The number of nitrogens with zero attached hydrogens (tertiary/aromatic N) is 1. The van der Waals surface area contributed by atoms with Crippen molar-refractivity contribution in [3.63, 3.8) is 0 Å². The monoisotopic (exact) mass is 251 g/mol. The molecule has 0 atom stereocenters. The van der Waals surface area contributed by atoms with Crippen LogP contribution in [-0.2, 0) is 9.53 Å². The van der Waals surface area contributed by atoms with Gasteiger partial charge in [0.25, 0.3) is 6.47 Å². The molecular weight excluding hydrogens is 245 g/mol. The van der Waals surface area contributed by atoms with Crippen LogP contribution in [0.15, 0.2) is 22.9 Å². The van der Waals surface area contributed by atoms with Crippen LogP contribution in [0.3, 0.4) is 0 Å². The predicted octanol–water partition coefficient (Wildman–Crippen LogP) is 2.29. The lowest BCUT2D eigenvalue weighted by molar-refractivity contribution is -0.126. The fraction of sp³-hybridized carbons (Fsp3) is 0.143. The van der Waals surface area contributed by atoms with Gasteiger partial charge in [-0.25, -0.2) is 4.98 Å². The van der Waals surface area contributed by atoms with Crippen molar-refractivity contribution in [1.82, 2.24) is 4.98 Å². The summed E-state index contributed by atoms with van der Waals surface area (Å²) >= 11 is 8.75. The first kappa shape index (κ1) is 11.4. The van der Waals surface area contributed by atoms with Crippen LogP contribution < -0.4 is 0 Å². The molecule has 5 heteroatoms. The summed E-state index contributed by atoms with van der Waals surface area (Å²) in [5.41, 5.74) is 0. The number of hydrogen-bond acceptors (Lipinski definition) is 3. The summed E-state index contributed by atoms with van der Waals surface area (Å²) in [5.74, 6) is 0. The third-order valence-electron chi connectivity index (χ3n) is 0.810. The molecule has 1 aromatic heterocycles. The van der Waals surface area contributed by atoms with E-state index in [0.717, 1.165) is 0 Å². The second-order valence-corrected chi connectivity index (χ2v) is 2.77. The molecule has 0 aliphatic heterocycles. The van der Waals surface area contributed by atoms with E-state index < -0.39 is 0 Å². The minimum atomic E-state index is 0.375. The van der Waals surface area contributed by atoms with Crippen molar-refractivity contribution in [2.45, 2.75) is 0 Å². The van der Waals surface area contributed by atoms with Gasteiger partial charge in [0.1, 0.15) is 4.60 Å². The molecule has 0 N–H and O–H groups in total. The summed E-state index contributed by atoms with van der Waals surface area (Å²) in [5, 5.41) is 0.646. The van der Waals surface area contributed by atoms with Crippen LogP contribution in [-0.4, -0.2) is 18.6 Å². The zero-order valence-corrected chi connectivity index (χ0v) is 8.67. The molecule has 0 amide bonds. The lowest BCUT2D eigenvalue weighted by atomic mass is 10.5. The van der Waals surface area contributed by atoms with Gasteiger partial charge in [-0.15, -0.1) is 0 Å². The molecule has 1 rings (SSSR count). The summed E-state index contributed by atoms with van der Waals surface area (Å²) in [6.07, 6.45) is 1.68. The van der Waals surface area contributed by atoms with Crippen molar-refractivity contribution in [2.24, 2.45) is 0 Å². The van der Waals surface area contributed by atoms with Gasteiger partial charge in [0, 0.05) is 6.20 Å². The smallest absolute Gasteiger partial charge is 0.292 e. The molecule has 0 saturated heterocycles. The number of ether oxygens (including phenoxy) is 1. The van der Waals surface area contributed by atoms with Crippen molar-refractivity contribution >= 4 is 34.0 Å². The predicted molar refractivity (Wildman–Crippen MR) is 50.0 cm³/mol. The van der Waals surface area contributed by atoms with Crippen LogP contribution in [0.4, 0.5) is 0 Å². The van der Waals surface area contributed by atoms with Gasteiger partial charge in [0.05, 0.1) is 12.1 Å². The van der Waals surface area contributed by atoms with E-state index in [-0.39, 0.29) is 0 Å². The summed E-state index contributed by atoms with van der Waals surface area (Å²) < 4.78 is 4.56. The first-order chi connectivity index (χ1) is 5.72. The quantitative estimate of drug-likeness (QED) is 0.569. The fourth-order valence-electron chi connectivity index (χ4n) is 0.366. The van der Waals surface area contributed by atoms with E-state index in [1.54, 1.807) is 18.3 Å². The Labute approximate surface area is 83.8 Å². The number of rotatable bonds is 1. The zero-order valence-electron chi connectivity index (χ0n) is 6.33. The number of aromatic nitrogens is 1. The molecule has 3 nitrogen and oxygen atoms in total. The second-order valence-electron chi connectivity index (χ2n) is 1.61. The summed E-state index contributed by atoms with van der Waals surface area (Å²) in [6.45, 7) is 0.375. The Morgan fingerprint density at radius 3 is 2.58 bits per heavy atom. The highest BCUT2D eigenvalue weighted by atomic mass is 79.9. The molecule has 1 aromatic rings. The Hall–Kier alpha value is -0.610. The molecule has 0 radical (unpaired) electrons. The van der Waals surface area contributed by atoms with Crippen LogP contribution in [0.25, 0.3) is 0 Å². The molecule has 0 aromatic carbocycles. The molecule has 1 heterocycles. The van der Waals surface area contributed by atoms with Gasteiger partial charge in [0.15, 0.2) is 0 Å². The lowest BCUT2D eigenvalue weighted by Gasteiger charge is -1.88. The number of hydrogen-bond donors (Lipinski definition) is 0. The molecule has 0 spiro atoms. The fourth-order valence-corrected chi connectivity index (χ4v) is 0.738. The molecular formula is C7H7BrClNO2. The van der Waals surface area contributed by atoms with Gasteiger partial charge < -0.3 is 4.74 Å². The molecule has 0 aliphatic rings. The SMILES string of the molecule is COC=O.Clc1cccnc1Br. The Balaban J connectivity index is 0.000000261. The van der Waals surface area contributed by atoms with Gasteiger partial charge in [-0.2, -0.15) is 0 Å². The molecule has 0 aliphatic carbocycles. The maximum Gasteiger partial charge on any atom is 0.292 e. The summed E-state index contributed by atoms with van der Waals surface area (Å²) in [6, 6.07) is 3.56. The number of carbonyl (C=O) groups is 1. The number of pyridine rings is 1. The highest BCUT2D eigenvalue weighted by molar-refractivity contribution is 9.10. The van der Waals surface area contributed by atoms with Gasteiger partial charge >= 0.3 is 0 Å².